The molecule has 106 valence electrons. The zero-order valence-electron chi connectivity index (χ0n) is 11.8. The molecular weight excluding hydrogens is 270 g/mol. The maximum absolute atomic E-state index is 12.7. The molecule has 1 aliphatic heterocycles. The van der Waals surface area contributed by atoms with Gasteiger partial charge in [0, 0.05) is 40.7 Å². The normalized spacial score (nSPS) is 19.3. The van der Waals surface area contributed by atoms with E-state index in [9.17, 15) is 4.79 Å². The third-order valence-corrected chi connectivity index (χ3v) is 4.91. The smallest absolute Gasteiger partial charge is 0.254 e. The van der Waals surface area contributed by atoms with E-state index in [-0.39, 0.29) is 5.91 Å². The molecule has 20 heavy (non-hydrogen) atoms. The minimum Gasteiger partial charge on any atom is -0.338 e. The van der Waals surface area contributed by atoms with Crippen molar-refractivity contribution in [3.05, 3.63) is 39.3 Å². The highest BCUT2D eigenvalue weighted by molar-refractivity contribution is 7.12. The number of carbonyl (C=O) groups is 1. The molecule has 3 heterocycles. The first-order chi connectivity index (χ1) is 9.65. The lowest BCUT2D eigenvalue weighted by atomic mass is 9.94. The maximum atomic E-state index is 12.7. The number of aromatic nitrogens is 2. The summed E-state index contributed by atoms with van der Waals surface area (Å²) in [6.45, 7) is 5.73. The lowest BCUT2D eigenvalue weighted by Gasteiger charge is -2.32. The largest absolute Gasteiger partial charge is 0.338 e. The zero-order valence-corrected chi connectivity index (χ0v) is 12.7. The number of likely N-dealkylation sites (tertiary alicyclic amines) is 1. The first-order valence-corrected chi connectivity index (χ1v) is 7.82. The first kappa shape index (κ1) is 13.4. The second kappa shape index (κ2) is 5.40. The summed E-state index contributed by atoms with van der Waals surface area (Å²) < 4.78 is 0. The van der Waals surface area contributed by atoms with Crippen molar-refractivity contribution < 1.29 is 4.79 Å². The standard InChI is InChI=1S/C15H19N3OS/c1-10-8-13(11(2)20-10)15(19)18-7-3-4-12(9-18)14-5-6-16-17-14/h5-6,8,12H,3-4,7,9H2,1-2H3,(H,16,17)/t12-/m0/s1. The molecular formula is C15H19N3OS. The number of nitrogens with one attached hydrogen (secondary N) is 1. The lowest BCUT2D eigenvalue weighted by molar-refractivity contribution is 0.0705. The number of nitrogens with zero attached hydrogens (tertiary/aromatic N) is 2. The fourth-order valence-electron chi connectivity index (χ4n) is 2.92. The Hall–Kier alpha value is -1.62. The molecule has 0 aromatic carbocycles. The number of piperidine rings is 1. The van der Waals surface area contributed by atoms with Crippen LogP contribution < -0.4 is 0 Å². The van der Waals surface area contributed by atoms with Gasteiger partial charge in [0.25, 0.3) is 5.91 Å². The molecule has 0 unspecified atom stereocenters. The molecule has 3 rings (SSSR count). The number of aryl methyl sites for hydroxylation is 2. The Kier molecular flexibility index (Phi) is 3.61. The molecule has 5 heteroatoms. The van der Waals surface area contributed by atoms with Crippen LogP contribution in [0.1, 0.15) is 44.6 Å². The predicted molar refractivity (Wildman–Crippen MR) is 80.3 cm³/mol. The van der Waals surface area contributed by atoms with Gasteiger partial charge in [0.05, 0.1) is 5.56 Å². The molecule has 0 spiro atoms. The zero-order chi connectivity index (χ0) is 14.1. The van der Waals surface area contributed by atoms with Crippen molar-refractivity contribution in [3.8, 4) is 0 Å². The van der Waals surface area contributed by atoms with Crippen LogP contribution in [0.2, 0.25) is 0 Å². The van der Waals surface area contributed by atoms with Gasteiger partial charge in [-0.25, -0.2) is 0 Å². The predicted octanol–water partition coefficient (Wildman–Crippen LogP) is 3.11. The van der Waals surface area contributed by atoms with E-state index in [1.807, 2.05) is 24.0 Å². The summed E-state index contributed by atoms with van der Waals surface area (Å²) in [5.41, 5.74) is 2.01. The molecule has 0 saturated carbocycles. The van der Waals surface area contributed by atoms with Gasteiger partial charge in [-0.2, -0.15) is 5.10 Å². The quantitative estimate of drug-likeness (QED) is 0.923. The molecule has 1 fully saturated rings. The second-order valence-corrected chi connectivity index (χ2v) is 6.89. The Balaban J connectivity index is 1.77. The van der Waals surface area contributed by atoms with Crippen molar-refractivity contribution in [3.63, 3.8) is 0 Å². The highest BCUT2D eigenvalue weighted by atomic mass is 32.1. The van der Waals surface area contributed by atoms with Crippen molar-refractivity contribution in [2.45, 2.75) is 32.6 Å². The first-order valence-electron chi connectivity index (χ1n) is 7.00. The monoisotopic (exact) mass is 289 g/mol. The van der Waals surface area contributed by atoms with Gasteiger partial charge in [0.2, 0.25) is 0 Å². The van der Waals surface area contributed by atoms with E-state index >= 15 is 0 Å². The second-order valence-electron chi connectivity index (χ2n) is 5.43. The summed E-state index contributed by atoms with van der Waals surface area (Å²) in [5, 5.41) is 7.05. The number of thiophene rings is 1. The number of carbonyl (C=O) groups excluding carboxylic acids is 1. The van der Waals surface area contributed by atoms with Crippen LogP contribution in [0.5, 0.6) is 0 Å². The Morgan fingerprint density at radius 3 is 3.00 bits per heavy atom. The Labute approximate surface area is 122 Å². The minimum absolute atomic E-state index is 0.177. The van der Waals surface area contributed by atoms with Gasteiger partial charge in [-0.1, -0.05) is 0 Å². The number of amides is 1. The molecule has 0 aliphatic carbocycles. The van der Waals surface area contributed by atoms with Crippen molar-refractivity contribution in [2.24, 2.45) is 0 Å². The maximum Gasteiger partial charge on any atom is 0.254 e. The van der Waals surface area contributed by atoms with Crippen LogP contribution in [-0.4, -0.2) is 34.1 Å². The van der Waals surface area contributed by atoms with Gasteiger partial charge in [0.15, 0.2) is 0 Å². The minimum atomic E-state index is 0.177. The molecule has 0 bridgehead atoms. The van der Waals surface area contributed by atoms with Crippen LogP contribution in [-0.2, 0) is 0 Å². The molecule has 2 aromatic rings. The van der Waals surface area contributed by atoms with Gasteiger partial charge in [-0.3, -0.25) is 9.89 Å². The van der Waals surface area contributed by atoms with Gasteiger partial charge < -0.3 is 4.90 Å². The number of hydrogen-bond acceptors (Lipinski definition) is 3. The summed E-state index contributed by atoms with van der Waals surface area (Å²) >= 11 is 1.70. The van der Waals surface area contributed by atoms with Crippen LogP contribution in [0.3, 0.4) is 0 Å². The molecule has 2 aromatic heterocycles. The Morgan fingerprint density at radius 2 is 2.35 bits per heavy atom. The third-order valence-electron chi connectivity index (χ3n) is 3.94. The van der Waals surface area contributed by atoms with Gasteiger partial charge in [-0.15, -0.1) is 11.3 Å². The number of rotatable bonds is 2. The number of hydrogen-bond donors (Lipinski definition) is 1. The van der Waals surface area contributed by atoms with Crippen molar-refractivity contribution in [1.29, 1.82) is 0 Å². The van der Waals surface area contributed by atoms with Crippen molar-refractivity contribution in [2.75, 3.05) is 13.1 Å². The van der Waals surface area contributed by atoms with Crippen molar-refractivity contribution in [1.82, 2.24) is 15.1 Å². The van der Waals surface area contributed by atoms with E-state index < -0.39 is 0 Å². The summed E-state index contributed by atoms with van der Waals surface area (Å²) in [6.07, 6.45) is 3.95. The summed E-state index contributed by atoms with van der Waals surface area (Å²) in [6, 6.07) is 4.03. The van der Waals surface area contributed by atoms with E-state index in [1.54, 1.807) is 17.5 Å². The molecule has 1 saturated heterocycles. The van der Waals surface area contributed by atoms with E-state index in [4.69, 9.17) is 0 Å². The molecule has 1 amide bonds. The van der Waals surface area contributed by atoms with E-state index in [0.717, 1.165) is 42.1 Å². The van der Waals surface area contributed by atoms with Gasteiger partial charge in [-0.05, 0) is 38.8 Å². The molecule has 1 N–H and O–H groups in total. The van der Waals surface area contributed by atoms with Gasteiger partial charge >= 0.3 is 0 Å². The van der Waals surface area contributed by atoms with Gasteiger partial charge in [0.1, 0.15) is 0 Å². The molecule has 1 aliphatic rings. The lowest BCUT2D eigenvalue weighted by Crippen LogP contribution is -2.39. The average molecular weight is 289 g/mol. The fraction of sp³-hybridized carbons (Fsp3) is 0.467. The Bertz CT molecular complexity index is 603. The van der Waals surface area contributed by atoms with Crippen LogP contribution in [0.25, 0.3) is 0 Å². The van der Waals surface area contributed by atoms with Crippen LogP contribution in [0.15, 0.2) is 18.3 Å². The highest BCUT2D eigenvalue weighted by Gasteiger charge is 2.27. The van der Waals surface area contributed by atoms with E-state index in [0.29, 0.717) is 5.92 Å². The number of H-pyrrole nitrogens is 1. The van der Waals surface area contributed by atoms with E-state index in [2.05, 4.69) is 17.1 Å². The molecule has 4 nitrogen and oxygen atoms in total. The summed E-state index contributed by atoms with van der Waals surface area (Å²) in [4.78, 5) is 17.0. The molecule has 0 radical (unpaired) electrons. The van der Waals surface area contributed by atoms with Crippen LogP contribution >= 0.6 is 11.3 Å². The average Bonchev–Trinajstić information content (AvgIpc) is 3.08. The summed E-state index contributed by atoms with van der Waals surface area (Å²) in [7, 11) is 0. The van der Waals surface area contributed by atoms with Crippen LogP contribution in [0.4, 0.5) is 0 Å². The van der Waals surface area contributed by atoms with Crippen molar-refractivity contribution >= 4 is 17.2 Å². The van der Waals surface area contributed by atoms with E-state index in [1.165, 1.54) is 4.88 Å². The fourth-order valence-corrected chi connectivity index (χ4v) is 3.84. The topological polar surface area (TPSA) is 49.0 Å². The third kappa shape index (κ3) is 2.50. The summed E-state index contributed by atoms with van der Waals surface area (Å²) in [5.74, 6) is 0.561. The highest BCUT2D eigenvalue weighted by Crippen LogP contribution is 2.28. The SMILES string of the molecule is Cc1cc(C(=O)N2CCC[C@H](c3ccn[nH]3)C2)c(C)s1. The molecule has 1 atom stereocenters. The number of aromatic amines is 1. The van der Waals surface area contributed by atoms with Crippen LogP contribution in [0, 0.1) is 13.8 Å². The Morgan fingerprint density at radius 1 is 1.50 bits per heavy atom.